The minimum Gasteiger partial charge on any atom is -0.449 e. The van der Waals surface area contributed by atoms with Crippen molar-refractivity contribution in [1.29, 1.82) is 0 Å². The van der Waals surface area contributed by atoms with E-state index in [2.05, 4.69) is 22.6 Å². The number of halogens is 1. The Balaban J connectivity index is 1.93. The summed E-state index contributed by atoms with van der Waals surface area (Å²) in [7, 11) is 0. The maximum absolute atomic E-state index is 12.7. The summed E-state index contributed by atoms with van der Waals surface area (Å²) in [6.07, 6.45) is 3.39. The van der Waals surface area contributed by atoms with Gasteiger partial charge in [0.05, 0.1) is 18.7 Å². The Morgan fingerprint density at radius 2 is 2.08 bits per heavy atom. The van der Waals surface area contributed by atoms with E-state index in [0.717, 1.165) is 28.4 Å². The van der Waals surface area contributed by atoms with Gasteiger partial charge in [0.2, 0.25) is 0 Å². The molecule has 24 heavy (non-hydrogen) atoms. The number of unbranched alkanes of at least 4 members (excludes halogenated alkanes) is 1. The number of hydrogen-bond donors (Lipinski definition) is 1. The number of ether oxygens (including phenoxy) is 1. The molecule has 1 saturated heterocycles. The van der Waals surface area contributed by atoms with E-state index in [9.17, 15) is 9.59 Å². The molecule has 1 aliphatic heterocycles. The fourth-order valence-electron chi connectivity index (χ4n) is 2.89. The lowest BCUT2D eigenvalue weighted by atomic mass is 9.97. The number of nitrogens with zero attached hydrogens (tertiary/aromatic N) is 1. The lowest BCUT2D eigenvalue weighted by Gasteiger charge is -2.25. The second-order valence-corrected chi connectivity index (χ2v) is 7.40. The molecule has 0 bridgehead atoms. The SMILES string of the molecule is CCCCOC(=O)N1CCCC1C(=O)C(N)Cc1ccc(I)cc1. The zero-order chi connectivity index (χ0) is 17.5. The first-order valence-corrected chi connectivity index (χ1v) is 9.58. The molecule has 132 valence electrons. The van der Waals surface area contributed by atoms with Crippen LogP contribution < -0.4 is 5.73 Å². The highest BCUT2D eigenvalue weighted by Gasteiger charge is 2.37. The van der Waals surface area contributed by atoms with Crippen LogP contribution in [0, 0.1) is 3.57 Å². The summed E-state index contributed by atoms with van der Waals surface area (Å²) in [5.74, 6) is -0.0708. The fraction of sp³-hybridized carbons (Fsp3) is 0.556. The van der Waals surface area contributed by atoms with E-state index in [-0.39, 0.29) is 11.9 Å². The topological polar surface area (TPSA) is 72.6 Å². The maximum Gasteiger partial charge on any atom is 0.410 e. The number of amides is 1. The molecule has 1 aliphatic rings. The summed E-state index contributed by atoms with van der Waals surface area (Å²) >= 11 is 2.24. The minimum atomic E-state index is -0.598. The summed E-state index contributed by atoms with van der Waals surface area (Å²) < 4.78 is 6.40. The number of hydrogen-bond acceptors (Lipinski definition) is 4. The van der Waals surface area contributed by atoms with E-state index in [1.165, 1.54) is 0 Å². The van der Waals surface area contributed by atoms with Crippen molar-refractivity contribution in [3.8, 4) is 0 Å². The average Bonchev–Trinajstić information content (AvgIpc) is 3.06. The first kappa shape index (κ1) is 19.2. The van der Waals surface area contributed by atoms with Crippen LogP contribution in [0.4, 0.5) is 4.79 Å². The normalized spacial score (nSPS) is 18.5. The van der Waals surface area contributed by atoms with Crippen molar-refractivity contribution in [3.05, 3.63) is 33.4 Å². The van der Waals surface area contributed by atoms with Crippen LogP contribution in [0.15, 0.2) is 24.3 Å². The predicted molar refractivity (Wildman–Crippen MR) is 102 cm³/mol. The monoisotopic (exact) mass is 444 g/mol. The van der Waals surface area contributed by atoms with Crippen LogP contribution in [0.3, 0.4) is 0 Å². The summed E-state index contributed by atoms with van der Waals surface area (Å²) in [5, 5.41) is 0. The third-order valence-electron chi connectivity index (χ3n) is 4.27. The van der Waals surface area contributed by atoms with E-state index in [0.29, 0.717) is 26.0 Å². The van der Waals surface area contributed by atoms with Gasteiger partial charge >= 0.3 is 6.09 Å². The van der Waals surface area contributed by atoms with E-state index >= 15 is 0 Å². The van der Waals surface area contributed by atoms with E-state index in [1.54, 1.807) is 4.90 Å². The van der Waals surface area contributed by atoms with Crippen molar-refractivity contribution >= 4 is 34.5 Å². The van der Waals surface area contributed by atoms with E-state index in [4.69, 9.17) is 10.5 Å². The van der Waals surface area contributed by atoms with Crippen molar-refractivity contribution in [2.75, 3.05) is 13.2 Å². The Hall–Kier alpha value is -1.15. The minimum absolute atomic E-state index is 0.0708. The average molecular weight is 444 g/mol. The van der Waals surface area contributed by atoms with Gasteiger partial charge in [0, 0.05) is 10.1 Å². The van der Waals surface area contributed by atoms with Crippen molar-refractivity contribution in [3.63, 3.8) is 0 Å². The van der Waals surface area contributed by atoms with Crippen LogP contribution in [-0.2, 0) is 16.0 Å². The largest absolute Gasteiger partial charge is 0.449 e. The molecule has 0 aliphatic carbocycles. The van der Waals surface area contributed by atoms with E-state index in [1.807, 2.05) is 31.2 Å². The number of carbonyl (C=O) groups is 2. The summed E-state index contributed by atoms with van der Waals surface area (Å²) in [6, 6.07) is 6.93. The van der Waals surface area contributed by atoms with Crippen LogP contribution >= 0.6 is 22.6 Å². The smallest absolute Gasteiger partial charge is 0.410 e. The van der Waals surface area contributed by atoms with Gasteiger partial charge in [-0.25, -0.2) is 4.79 Å². The molecule has 2 rings (SSSR count). The Morgan fingerprint density at radius 1 is 1.38 bits per heavy atom. The number of benzene rings is 1. The molecule has 2 unspecified atom stereocenters. The third kappa shape index (κ3) is 5.17. The third-order valence-corrected chi connectivity index (χ3v) is 4.99. The second-order valence-electron chi connectivity index (χ2n) is 6.16. The van der Waals surface area contributed by atoms with Gasteiger partial charge in [0.15, 0.2) is 5.78 Å². The molecule has 0 saturated carbocycles. The van der Waals surface area contributed by atoms with Crippen LogP contribution in [0.25, 0.3) is 0 Å². The summed E-state index contributed by atoms with van der Waals surface area (Å²) in [6.45, 7) is 3.01. The quantitative estimate of drug-likeness (QED) is 0.518. The molecule has 0 spiro atoms. The molecule has 6 heteroatoms. The summed E-state index contributed by atoms with van der Waals surface area (Å²) in [5.41, 5.74) is 7.15. The Labute approximate surface area is 157 Å². The zero-order valence-corrected chi connectivity index (χ0v) is 16.2. The van der Waals surface area contributed by atoms with Gasteiger partial charge in [-0.15, -0.1) is 0 Å². The molecule has 5 nitrogen and oxygen atoms in total. The Morgan fingerprint density at radius 3 is 2.75 bits per heavy atom. The van der Waals surface area contributed by atoms with Crippen molar-refractivity contribution < 1.29 is 14.3 Å². The number of nitrogens with two attached hydrogens (primary N) is 1. The molecule has 0 radical (unpaired) electrons. The van der Waals surface area contributed by atoms with Crippen LogP contribution in [0.5, 0.6) is 0 Å². The zero-order valence-electron chi connectivity index (χ0n) is 14.0. The lowest BCUT2D eigenvalue weighted by molar-refractivity contribution is -0.124. The Bertz CT molecular complexity index is 562. The van der Waals surface area contributed by atoms with Gasteiger partial charge in [0.25, 0.3) is 0 Å². The molecular formula is C18H25IN2O3. The molecule has 1 aromatic rings. The molecule has 2 atom stereocenters. The highest BCUT2D eigenvalue weighted by atomic mass is 127. The van der Waals surface area contributed by atoms with Crippen molar-refractivity contribution in [2.45, 2.75) is 51.1 Å². The highest BCUT2D eigenvalue weighted by Crippen LogP contribution is 2.21. The number of Topliss-reactive ketones (excluding diaryl/α,β-unsaturated/α-hetero) is 1. The van der Waals surface area contributed by atoms with Crippen molar-refractivity contribution in [2.24, 2.45) is 5.73 Å². The molecule has 1 fully saturated rings. The lowest BCUT2D eigenvalue weighted by Crippen LogP contribution is -2.48. The first-order chi connectivity index (χ1) is 11.5. The van der Waals surface area contributed by atoms with Gasteiger partial charge in [-0.2, -0.15) is 0 Å². The standard InChI is InChI=1S/C18H25IN2O3/c1-2-3-11-24-18(23)21-10-4-5-16(21)17(22)15(20)12-13-6-8-14(19)9-7-13/h6-9,15-16H,2-5,10-12,20H2,1H3. The summed E-state index contributed by atoms with van der Waals surface area (Å²) in [4.78, 5) is 26.4. The van der Waals surface area contributed by atoms with Gasteiger partial charge in [-0.05, 0) is 66.0 Å². The van der Waals surface area contributed by atoms with Crippen LogP contribution in [0.1, 0.15) is 38.2 Å². The fourth-order valence-corrected chi connectivity index (χ4v) is 3.25. The molecule has 2 N–H and O–H groups in total. The highest BCUT2D eigenvalue weighted by molar-refractivity contribution is 14.1. The molecule has 1 aromatic carbocycles. The van der Waals surface area contributed by atoms with Crippen LogP contribution in [0.2, 0.25) is 0 Å². The number of carbonyl (C=O) groups excluding carboxylic acids is 2. The van der Waals surface area contributed by atoms with Crippen LogP contribution in [-0.4, -0.2) is 42.0 Å². The first-order valence-electron chi connectivity index (χ1n) is 8.50. The molecule has 1 amide bonds. The second kappa shape index (κ2) is 9.36. The van der Waals surface area contributed by atoms with Gasteiger partial charge in [0.1, 0.15) is 0 Å². The predicted octanol–water partition coefficient (Wildman–Crippen LogP) is 3.13. The Kier molecular flexibility index (Phi) is 7.48. The molecular weight excluding hydrogens is 419 g/mol. The van der Waals surface area contributed by atoms with Gasteiger partial charge in [-0.3, -0.25) is 9.69 Å². The van der Waals surface area contributed by atoms with Gasteiger partial charge < -0.3 is 10.5 Å². The number of ketones is 1. The molecule has 0 aromatic heterocycles. The van der Waals surface area contributed by atoms with Gasteiger partial charge in [-0.1, -0.05) is 25.5 Å². The van der Waals surface area contributed by atoms with Crippen molar-refractivity contribution in [1.82, 2.24) is 4.90 Å². The van der Waals surface area contributed by atoms with E-state index < -0.39 is 12.1 Å². The molecule has 1 heterocycles. The number of likely N-dealkylation sites (tertiary alicyclic amines) is 1. The maximum atomic E-state index is 12.7. The number of rotatable bonds is 7.